The maximum Gasteiger partial charge on any atom is 0.0157 e. The number of likely N-dealkylation sites (N-methyl/N-ethyl adjacent to an activating group) is 1. The van der Waals surface area contributed by atoms with Crippen LogP contribution in [0.4, 0.5) is 0 Å². The third-order valence-corrected chi connectivity index (χ3v) is 3.61. The second-order valence-corrected chi connectivity index (χ2v) is 6.06. The van der Waals surface area contributed by atoms with Crippen LogP contribution in [0.5, 0.6) is 0 Å². The number of hydrogen-bond acceptors (Lipinski definition) is 1. The molecule has 0 aliphatic rings. The van der Waals surface area contributed by atoms with Crippen LogP contribution >= 0.6 is 0 Å². The number of hydrogen-bond donors (Lipinski definition) is 0. The molecule has 0 atom stereocenters. The average molecular weight is 268 g/mol. The lowest BCUT2D eigenvalue weighted by Gasteiger charge is -2.03. The Morgan fingerprint density at radius 3 is 1.58 bits per heavy atom. The summed E-state index contributed by atoms with van der Waals surface area (Å²) in [7, 11) is 4.24. The van der Waals surface area contributed by atoms with Gasteiger partial charge in [-0.05, 0) is 26.9 Å². The van der Waals surface area contributed by atoms with E-state index in [0.717, 1.165) is 6.54 Å². The van der Waals surface area contributed by atoms with Crippen molar-refractivity contribution in [3.8, 4) is 0 Å². The van der Waals surface area contributed by atoms with E-state index in [1.807, 2.05) is 0 Å². The van der Waals surface area contributed by atoms with E-state index in [2.05, 4.69) is 38.1 Å². The molecule has 0 saturated heterocycles. The van der Waals surface area contributed by atoms with E-state index in [1.165, 1.54) is 77.0 Å². The van der Waals surface area contributed by atoms with Crippen LogP contribution in [0, 0.1) is 0 Å². The minimum atomic E-state index is 1.08. The molecule has 0 aliphatic carbocycles. The van der Waals surface area contributed by atoms with E-state index in [-0.39, 0.29) is 0 Å². The molecular formula is C18H37N. The zero-order valence-electron chi connectivity index (χ0n) is 13.8. The molecule has 0 aromatic heterocycles. The molecule has 0 fully saturated rings. The highest BCUT2D eigenvalue weighted by Gasteiger charge is 1.92. The third kappa shape index (κ3) is 17.7. The average Bonchev–Trinajstić information content (AvgIpc) is 2.39. The van der Waals surface area contributed by atoms with E-state index in [1.54, 1.807) is 0 Å². The van der Waals surface area contributed by atoms with Gasteiger partial charge >= 0.3 is 0 Å². The van der Waals surface area contributed by atoms with E-state index < -0.39 is 0 Å². The van der Waals surface area contributed by atoms with Crippen LogP contribution in [-0.2, 0) is 0 Å². The van der Waals surface area contributed by atoms with E-state index in [9.17, 15) is 0 Å². The van der Waals surface area contributed by atoms with Gasteiger partial charge in [0.25, 0.3) is 0 Å². The Morgan fingerprint density at radius 2 is 1.11 bits per heavy atom. The monoisotopic (exact) mass is 267 g/mol. The van der Waals surface area contributed by atoms with Crippen molar-refractivity contribution in [2.24, 2.45) is 0 Å². The predicted molar refractivity (Wildman–Crippen MR) is 88.8 cm³/mol. The molecule has 0 aliphatic heterocycles. The van der Waals surface area contributed by atoms with Crippen LogP contribution in [0.1, 0.15) is 84.0 Å². The van der Waals surface area contributed by atoms with E-state index in [0.29, 0.717) is 0 Å². The van der Waals surface area contributed by atoms with Gasteiger partial charge in [-0.2, -0.15) is 0 Å². The van der Waals surface area contributed by atoms with Gasteiger partial charge in [0.05, 0.1) is 0 Å². The van der Waals surface area contributed by atoms with Crippen molar-refractivity contribution in [3.63, 3.8) is 0 Å². The molecule has 0 aromatic carbocycles. The quantitative estimate of drug-likeness (QED) is 0.284. The van der Waals surface area contributed by atoms with Gasteiger partial charge in [0.1, 0.15) is 0 Å². The molecule has 0 unspecified atom stereocenters. The molecule has 0 heterocycles. The minimum absolute atomic E-state index is 1.08. The zero-order valence-corrected chi connectivity index (χ0v) is 13.8. The number of unbranched alkanes of at least 4 members (excludes halogenated alkanes) is 11. The lowest BCUT2D eigenvalue weighted by atomic mass is 10.1. The largest absolute Gasteiger partial charge is 0.306 e. The van der Waals surface area contributed by atoms with Crippen LogP contribution < -0.4 is 0 Å². The number of allylic oxidation sites excluding steroid dienone is 1. The van der Waals surface area contributed by atoms with Crippen LogP contribution in [0.2, 0.25) is 0 Å². The van der Waals surface area contributed by atoms with Gasteiger partial charge in [-0.25, -0.2) is 0 Å². The fraction of sp³-hybridized carbons (Fsp3) is 0.889. The Bertz CT molecular complexity index is 184. The Morgan fingerprint density at radius 1 is 0.632 bits per heavy atom. The first kappa shape index (κ1) is 18.7. The molecule has 0 radical (unpaired) electrons. The highest BCUT2D eigenvalue weighted by atomic mass is 15.0. The summed E-state index contributed by atoms with van der Waals surface area (Å²) in [5, 5.41) is 0. The summed E-state index contributed by atoms with van der Waals surface area (Å²) in [6, 6.07) is 0. The molecule has 0 amide bonds. The molecule has 0 N–H and O–H groups in total. The first-order valence-corrected chi connectivity index (χ1v) is 8.57. The second-order valence-electron chi connectivity index (χ2n) is 6.06. The Hall–Kier alpha value is -0.300. The van der Waals surface area contributed by atoms with Gasteiger partial charge in [-0.3, -0.25) is 0 Å². The van der Waals surface area contributed by atoms with Crippen molar-refractivity contribution < 1.29 is 0 Å². The fourth-order valence-corrected chi connectivity index (χ4v) is 2.33. The van der Waals surface area contributed by atoms with Crippen LogP contribution in [0.3, 0.4) is 0 Å². The summed E-state index contributed by atoms with van der Waals surface area (Å²) < 4.78 is 0. The molecule has 0 aromatic rings. The van der Waals surface area contributed by atoms with Crippen molar-refractivity contribution in [2.75, 3.05) is 20.6 Å². The van der Waals surface area contributed by atoms with Crippen molar-refractivity contribution in [2.45, 2.75) is 84.0 Å². The molecule has 1 nitrogen and oxygen atoms in total. The predicted octanol–water partition coefficient (Wildman–Crippen LogP) is 5.81. The topological polar surface area (TPSA) is 3.24 Å². The van der Waals surface area contributed by atoms with Crippen molar-refractivity contribution >= 4 is 0 Å². The highest BCUT2D eigenvalue weighted by molar-refractivity contribution is 4.83. The van der Waals surface area contributed by atoms with Gasteiger partial charge < -0.3 is 4.90 Å². The molecule has 19 heavy (non-hydrogen) atoms. The standard InChI is InChI=1S/C18H37N/c1-4-5-6-7-8-9-10-11-12-13-14-15-16-17-18-19(2)3/h16-17H,4-15,18H2,1-3H3. The van der Waals surface area contributed by atoms with Crippen LogP contribution in [-0.4, -0.2) is 25.5 Å². The Kier molecular flexibility index (Phi) is 15.5. The fourth-order valence-electron chi connectivity index (χ4n) is 2.33. The Labute approximate surface area is 122 Å². The normalized spacial score (nSPS) is 11.8. The van der Waals surface area contributed by atoms with Gasteiger partial charge in [-0.15, -0.1) is 0 Å². The van der Waals surface area contributed by atoms with Crippen LogP contribution in [0.25, 0.3) is 0 Å². The smallest absolute Gasteiger partial charge is 0.0157 e. The van der Waals surface area contributed by atoms with Gasteiger partial charge in [0, 0.05) is 6.54 Å². The van der Waals surface area contributed by atoms with Gasteiger partial charge in [0.15, 0.2) is 0 Å². The van der Waals surface area contributed by atoms with Gasteiger partial charge in [-0.1, -0.05) is 83.3 Å². The summed E-state index contributed by atoms with van der Waals surface area (Å²) in [6.07, 6.45) is 21.7. The lowest BCUT2D eigenvalue weighted by Crippen LogP contribution is -2.10. The second kappa shape index (κ2) is 15.8. The minimum Gasteiger partial charge on any atom is -0.306 e. The molecule has 114 valence electrons. The summed E-state index contributed by atoms with van der Waals surface area (Å²) in [4.78, 5) is 2.21. The SMILES string of the molecule is CCCCCCCCCCCCCC=CCN(C)C. The van der Waals surface area contributed by atoms with Crippen molar-refractivity contribution in [1.82, 2.24) is 4.90 Å². The maximum absolute atomic E-state index is 2.34. The maximum atomic E-state index is 2.34. The molecule has 0 saturated carbocycles. The van der Waals surface area contributed by atoms with Crippen molar-refractivity contribution in [3.05, 3.63) is 12.2 Å². The zero-order chi connectivity index (χ0) is 14.2. The summed E-state index contributed by atoms with van der Waals surface area (Å²) in [6.45, 7) is 3.37. The van der Waals surface area contributed by atoms with E-state index in [4.69, 9.17) is 0 Å². The summed E-state index contributed by atoms with van der Waals surface area (Å²) in [5.41, 5.74) is 0. The first-order valence-electron chi connectivity index (χ1n) is 8.57. The lowest BCUT2D eigenvalue weighted by molar-refractivity contribution is 0.456. The van der Waals surface area contributed by atoms with E-state index >= 15 is 0 Å². The van der Waals surface area contributed by atoms with Crippen LogP contribution in [0.15, 0.2) is 12.2 Å². The number of rotatable bonds is 14. The summed E-state index contributed by atoms with van der Waals surface area (Å²) >= 11 is 0. The molecule has 0 bridgehead atoms. The molecule has 0 spiro atoms. The van der Waals surface area contributed by atoms with Gasteiger partial charge in [0.2, 0.25) is 0 Å². The van der Waals surface area contributed by atoms with Crippen molar-refractivity contribution in [1.29, 1.82) is 0 Å². The first-order chi connectivity index (χ1) is 9.27. The number of nitrogens with zero attached hydrogens (tertiary/aromatic N) is 1. The molecule has 1 heteroatoms. The molecular weight excluding hydrogens is 230 g/mol. The summed E-state index contributed by atoms with van der Waals surface area (Å²) in [5.74, 6) is 0. The third-order valence-electron chi connectivity index (χ3n) is 3.61. The highest BCUT2D eigenvalue weighted by Crippen LogP contribution is 2.11. The molecule has 0 rings (SSSR count). The Balaban J connectivity index is 3.01.